The quantitative estimate of drug-likeness (QED) is 0.873. The molecule has 19 heavy (non-hydrogen) atoms. The molecule has 1 aromatic carbocycles. The highest BCUT2D eigenvalue weighted by molar-refractivity contribution is 7.94. The summed E-state index contributed by atoms with van der Waals surface area (Å²) in [6.45, 7) is 0. The minimum absolute atomic E-state index is 0.114. The van der Waals surface area contributed by atoms with Crippen LogP contribution in [0.1, 0.15) is 0 Å². The van der Waals surface area contributed by atoms with Crippen LogP contribution in [0, 0.1) is 0 Å². The van der Waals surface area contributed by atoms with Crippen LogP contribution >= 0.6 is 11.3 Å². The van der Waals surface area contributed by atoms with Crippen molar-refractivity contribution in [3.63, 3.8) is 0 Å². The van der Waals surface area contributed by atoms with Gasteiger partial charge in [0.05, 0.1) is 0 Å². The summed E-state index contributed by atoms with van der Waals surface area (Å²) in [6, 6.07) is 6.98. The molecule has 2 aromatic rings. The first kappa shape index (κ1) is 13.6. The largest absolute Gasteiger partial charge is 0.378 e. The van der Waals surface area contributed by atoms with E-state index in [2.05, 4.69) is 14.9 Å². The number of benzene rings is 1. The number of anilines is 3. The number of nitrogens with one attached hydrogen (secondary N) is 1. The van der Waals surface area contributed by atoms with E-state index in [9.17, 15) is 8.42 Å². The number of hydrogen-bond acceptors (Lipinski definition) is 7. The van der Waals surface area contributed by atoms with Gasteiger partial charge in [0.1, 0.15) is 0 Å². The molecule has 9 heteroatoms. The van der Waals surface area contributed by atoms with E-state index in [0.717, 1.165) is 17.0 Å². The predicted octanol–water partition coefficient (Wildman–Crippen LogP) is 0.987. The fourth-order valence-electron chi connectivity index (χ4n) is 1.36. The average Bonchev–Trinajstić information content (AvgIpc) is 2.77. The van der Waals surface area contributed by atoms with Gasteiger partial charge in [0, 0.05) is 25.5 Å². The first-order valence-corrected chi connectivity index (χ1v) is 7.57. The number of rotatable bonds is 4. The molecule has 0 bridgehead atoms. The van der Waals surface area contributed by atoms with Crippen LogP contribution in [-0.2, 0) is 10.0 Å². The minimum Gasteiger partial charge on any atom is -0.378 e. The van der Waals surface area contributed by atoms with Gasteiger partial charge < -0.3 is 10.6 Å². The van der Waals surface area contributed by atoms with Crippen LogP contribution in [0.2, 0.25) is 0 Å². The summed E-state index contributed by atoms with van der Waals surface area (Å²) in [7, 11) is 0.0876. The summed E-state index contributed by atoms with van der Waals surface area (Å²) in [5.74, 6) is 0. The van der Waals surface area contributed by atoms with E-state index in [1.165, 1.54) is 0 Å². The number of nitrogens with zero attached hydrogens (tertiary/aromatic N) is 3. The van der Waals surface area contributed by atoms with Gasteiger partial charge in [-0.3, -0.25) is 4.72 Å². The molecular weight excluding hydrogens is 286 g/mol. The Morgan fingerprint density at radius 2 is 1.84 bits per heavy atom. The highest BCUT2D eigenvalue weighted by Crippen LogP contribution is 2.22. The molecule has 2 rings (SSSR count). The maximum absolute atomic E-state index is 12.0. The topological polar surface area (TPSA) is 101 Å². The fourth-order valence-corrected chi connectivity index (χ4v) is 3.20. The van der Waals surface area contributed by atoms with E-state index in [1.807, 2.05) is 31.1 Å². The summed E-state index contributed by atoms with van der Waals surface area (Å²) in [6.07, 6.45) is 0. The maximum atomic E-state index is 12.0. The van der Waals surface area contributed by atoms with E-state index >= 15 is 0 Å². The Balaban J connectivity index is 2.21. The van der Waals surface area contributed by atoms with Crippen LogP contribution in [0.3, 0.4) is 0 Å². The van der Waals surface area contributed by atoms with Crippen molar-refractivity contribution in [1.82, 2.24) is 10.2 Å². The van der Waals surface area contributed by atoms with Crippen molar-refractivity contribution < 1.29 is 8.42 Å². The lowest BCUT2D eigenvalue weighted by atomic mass is 10.3. The van der Waals surface area contributed by atoms with Gasteiger partial charge >= 0.3 is 0 Å². The summed E-state index contributed by atoms with van der Waals surface area (Å²) < 4.78 is 26.2. The molecule has 0 amide bonds. The molecule has 0 aliphatic carbocycles. The first-order chi connectivity index (χ1) is 8.88. The zero-order chi connectivity index (χ0) is 14.0. The number of aromatic nitrogens is 2. The molecule has 0 spiro atoms. The highest BCUT2D eigenvalue weighted by atomic mass is 32.2. The predicted molar refractivity (Wildman–Crippen MR) is 75.9 cm³/mol. The molecule has 0 saturated carbocycles. The Kier molecular flexibility index (Phi) is 3.58. The van der Waals surface area contributed by atoms with Crippen molar-refractivity contribution >= 4 is 37.9 Å². The van der Waals surface area contributed by atoms with E-state index in [1.54, 1.807) is 12.1 Å². The normalized spacial score (nSPS) is 11.3. The second-order valence-corrected chi connectivity index (χ2v) is 6.82. The molecule has 0 atom stereocenters. The van der Waals surface area contributed by atoms with Gasteiger partial charge in [0.25, 0.3) is 14.4 Å². The zero-order valence-electron chi connectivity index (χ0n) is 10.4. The number of sulfonamides is 1. The fraction of sp³-hybridized carbons (Fsp3) is 0.200. The van der Waals surface area contributed by atoms with Gasteiger partial charge in [0.15, 0.2) is 0 Å². The summed E-state index contributed by atoms with van der Waals surface area (Å²) in [5, 5.41) is 7.11. The first-order valence-electron chi connectivity index (χ1n) is 5.28. The molecule has 0 unspecified atom stereocenters. The van der Waals surface area contributed by atoms with Crippen LogP contribution < -0.4 is 15.4 Å². The summed E-state index contributed by atoms with van der Waals surface area (Å²) in [5.41, 5.74) is 6.80. The second-order valence-electron chi connectivity index (χ2n) is 3.95. The molecular formula is C10H13N5O2S2. The maximum Gasteiger partial charge on any atom is 0.291 e. The third-order valence-corrected chi connectivity index (χ3v) is 4.79. The third kappa shape index (κ3) is 3.12. The molecule has 3 N–H and O–H groups in total. The van der Waals surface area contributed by atoms with E-state index in [4.69, 9.17) is 5.73 Å². The molecule has 0 aliphatic rings. The highest BCUT2D eigenvalue weighted by Gasteiger charge is 2.19. The van der Waals surface area contributed by atoms with Gasteiger partial charge in [-0.15, -0.1) is 10.2 Å². The van der Waals surface area contributed by atoms with Crippen LogP contribution in [0.25, 0.3) is 0 Å². The molecule has 0 radical (unpaired) electrons. The van der Waals surface area contributed by atoms with Gasteiger partial charge in [0.2, 0.25) is 5.13 Å². The standard InChI is InChI=1S/C10H13N5O2S2/c1-15(2)8-5-3-7(4-6-8)14-19(16,17)10-13-12-9(11)18-10/h3-6,14H,1-2H3,(H2,11,12). The number of hydrogen-bond donors (Lipinski definition) is 2. The number of nitrogen functional groups attached to an aromatic ring is 1. The van der Waals surface area contributed by atoms with E-state index < -0.39 is 10.0 Å². The average molecular weight is 299 g/mol. The van der Waals surface area contributed by atoms with Crippen LogP contribution in [0.15, 0.2) is 28.6 Å². The third-order valence-electron chi connectivity index (χ3n) is 2.29. The number of nitrogens with two attached hydrogens (primary N) is 1. The molecule has 0 fully saturated rings. The second kappa shape index (κ2) is 5.02. The summed E-state index contributed by atoms with van der Waals surface area (Å²) >= 11 is 0.819. The van der Waals surface area contributed by atoms with Crippen molar-refractivity contribution in [2.45, 2.75) is 4.34 Å². The lowest BCUT2D eigenvalue weighted by Crippen LogP contribution is -2.13. The molecule has 1 aromatic heterocycles. The van der Waals surface area contributed by atoms with Crippen LogP contribution in [0.5, 0.6) is 0 Å². The van der Waals surface area contributed by atoms with Gasteiger partial charge in [-0.25, -0.2) is 0 Å². The van der Waals surface area contributed by atoms with Gasteiger partial charge in [-0.2, -0.15) is 8.42 Å². The van der Waals surface area contributed by atoms with Gasteiger partial charge in [-0.1, -0.05) is 11.3 Å². The van der Waals surface area contributed by atoms with Crippen molar-refractivity contribution in [3.8, 4) is 0 Å². The Hall–Kier alpha value is -1.87. The van der Waals surface area contributed by atoms with Crippen molar-refractivity contribution in [1.29, 1.82) is 0 Å². The monoisotopic (exact) mass is 299 g/mol. The van der Waals surface area contributed by atoms with E-state index in [-0.39, 0.29) is 9.47 Å². The van der Waals surface area contributed by atoms with Crippen molar-refractivity contribution in [2.24, 2.45) is 0 Å². The van der Waals surface area contributed by atoms with Crippen molar-refractivity contribution in [3.05, 3.63) is 24.3 Å². The molecule has 0 saturated heterocycles. The Morgan fingerprint density at radius 1 is 1.21 bits per heavy atom. The summed E-state index contributed by atoms with van der Waals surface area (Å²) in [4.78, 5) is 1.92. The molecule has 0 aliphatic heterocycles. The van der Waals surface area contributed by atoms with E-state index in [0.29, 0.717) is 5.69 Å². The molecule has 1 heterocycles. The van der Waals surface area contributed by atoms with Crippen molar-refractivity contribution in [2.75, 3.05) is 29.5 Å². The lowest BCUT2D eigenvalue weighted by molar-refractivity contribution is 0.599. The smallest absolute Gasteiger partial charge is 0.291 e. The lowest BCUT2D eigenvalue weighted by Gasteiger charge is -2.13. The molecule has 7 nitrogen and oxygen atoms in total. The Bertz CT molecular complexity index is 663. The van der Waals surface area contributed by atoms with Crippen LogP contribution in [0.4, 0.5) is 16.5 Å². The van der Waals surface area contributed by atoms with Gasteiger partial charge in [-0.05, 0) is 24.3 Å². The SMILES string of the molecule is CN(C)c1ccc(NS(=O)(=O)c2nnc(N)s2)cc1. The Labute approximate surface area is 115 Å². The molecule has 102 valence electrons. The zero-order valence-corrected chi connectivity index (χ0v) is 12.0. The Morgan fingerprint density at radius 3 is 2.32 bits per heavy atom. The van der Waals surface area contributed by atoms with Crippen LogP contribution in [-0.4, -0.2) is 32.7 Å². The minimum atomic E-state index is -3.72.